The number of halogens is 3. The molecule has 12 heteroatoms. The first-order valence-corrected chi connectivity index (χ1v) is 14.7. The van der Waals surface area contributed by atoms with E-state index in [1.807, 2.05) is 44.2 Å². The molecular formula is C31H33F3N6O2S. The van der Waals surface area contributed by atoms with E-state index >= 15 is 0 Å². The normalized spacial score (nSPS) is 12.0. The number of aromatic nitrogens is 3. The molecule has 2 N–H and O–H groups in total. The summed E-state index contributed by atoms with van der Waals surface area (Å²) in [6.45, 7) is 8.70. The Balaban J connectivity index is 1.31. The molecule has 2 amide bonds. The lowest BCUT2D eigenvalue weighted by Crippen LogP contribution is -2.39. The van der Waals surface area contributed by atoms with E-state index in [4.69, 9.17) is 4.99 Å². The van der Waals surface area contributed by atoms with Gasteiger partial charge in [0.05, 0.1) is 11.4 Å². The van der Waals surface area contributed by atoms with Crippen LogP contribution >= 0.6 is 11.8 Å². The van der Waals surface area contributed by atoms with Crippen molar-refractivity contribution in [2.24, 2.45) is 4.99 Å². The van der Waals surface area contributed by atoms with Crippen LogP contribution in [0, 0.1) is 6.92 Å². The number of ether oxygens (including phenoxy) is 1. The number of amidine groups is 1. The average molecular weight is 611 g/mol. The largest absolute Gasteiger partial charge is 0.573 e. The van der Waals surface area contributed by atoms with Gasteiger partial charge in [-0.15, -0.1) is 18.3 Å². The molecule has 4 rings (SSSR count). The average Bonchev–Trinajstić information content (AvgIpc) is 3.43. The fraction of sp³-hybridized carbons (Fsp3) is 0.290. The van der Waals surface area contributed by atoms with E-state index in [0.29, 0.717) is 35.6 Å². The van der Waals surface area contributed by atoms with E-state index in [1.54, 1.807) is 0 Å². The smallest absolute Gasteiger partial charge is 0.406 e. The highest BCUT2D eigenvalue weighted by Crippen LogP contribution is 2.29. The van der Waals surface area contributed by atoms with Crippen LogP contribution in [0.1, 0.15) is 43.4 Å². The molecule has 0 aliphatic rings. The second-order valence-corrected chi connectivity index (χ2v) is 11.2. The van der Waals surface area contributed by atoms with Crippen LogP contribution in [-0.2, 0) is 6.42 Å². The second kappa shape index (κ2) is 14.2. The number of carbonyl (C=O) groups excluding carboxylic acids is 1. The van der Waals surface area contributed by atoms with Crippen LogP contribution in [0.25, 0.3) is 17.1 Å². The van der Waals surface area contributed by atoms with Crippen molar-refractivity contribution in [3.63, 3.8) is 0 Å². The summed E-state index contributed by atoms with van der Waals surface area (Å²) in [6, 6.07) is 18.9. The van der Waals surface area contributed by atoms with Gasteiger partial charge in [0.2, 0.25) is 0 Å². The maximum absolute atomic E-state index is 12.6. The van der Waals surface area contributed by atoms with Crippen molar-refractivity contribution in [1.29, 1.82) is 0 Å². The third kappa shape index (κ3) is 9.34. The zero-order valence-electron chi connectivity index (χ0n) is 24.3. The summed E-state index contributed by atoms with van der Waals surface area (Å²) < 4.78 is 42.6. The molecule has 0 bridgehead atoms. The van der Waals surface area contributed by atoms with Crippen molar-refractivity contribution < 1.29 is 22.7 Å². The molecule has 1 heterocycles. The van der Waals surface area contributed by atoms with Gasteiger partial charge in [-0.3, -0.25) is 5.32 Å². The molecule has 0 atom stereocenters. The Morgan fingerprint density at radius 1 is 1.07 bits per heavy atom. The SMILES string of the molecule is CCSC(=Nc1cc(C)ccc1C(C)C)NC(=O)NCCc1ccc(-c2ncn(-c3ccc(OC(F)(F)F)cc3)n2)cc1. The minimum atomic E-state index is -4.75. The Morgan fingerprint density at radius 2 is 1.79 bits per heavy atom. The zero-order valence-corrected chi connectivity index (χ0v) is 25.1. The molecule has 0 unspecified atom stereocenters. The lowest BCUT2D eigenvalue weighted by molar-refractivity contribution is -0.274. The molecule has 0 fully saturated rings. The molecule has 3 aromatic carbocycles. The van der Waals surface area contributed by atoms with E-state index in [9.17, 15) is 18.0 Å². The fourth-order valence-electron chi connectivity index (χ4n) is 4.18. The number of amides is 2. The number of hydrogen-bond donors (Lipinski definition) is 2. The van der Waals surface area contributed by atoms with Crippen LogP contribution in [0.3, 0.4) is 0 Å². The van der Waals surface area contributed by atoms with Crippen LogP contribution < -0.4 is 15.4 Å². The molecule has 0 saturated heterocycles. The van der Waals surface area contributed by atoms with Crippen molar-refractivity contribution in [3.8, 4) is 22.8 Å². The zero-order chi connectivity index (χ0) is 31.0. The number of alkyl halides is 3. The van der Waals surface area contributed by atoms with Gasteiger partial charge in [0.1, 0.15) is 12.1 Å². The minimum Gasteiger partial charge on any atom is -0.406 e. The number of nitrogens with zero attached hydrogens (tertiary/aromatic N) is 4. The van der Waals surface area contributed by atoms with Crippen LogP contribution in [0.5, 0.6) is 5.75 Å². The first-order chi connectivity index (χ1) is 20.5. The molecule has 4 aromatic rings. The Kier molecular flexibility index (Phi) is 10.5. The first kappa shape index (κ1) is 31.6. The van der Waals surface area contributed by atoms with Crippen molar-refractivity contribution in [2.45, 2.75) is 46.4 Å². The molecule has 43 heavy (non-hydrogen) atoms. The fourth-order valence-corrected chi connectivity index (χ4v) is 4.78. The van der Waals surface area contributed by atoms with Crippen molar-refractivity contribution in [1.82, 2.24) is 25.4 Å². The van der Waals surface area contributed by atoms with Crippen LogP contribution in [0.4, 0.5) is 23.7 Å². The molecule has 0 saturated carbocycles. The second-order valence-electron chi connectivity index (χ2n) is 9.95. The third-order valence-electron chi connectivity index (χ3n) is 6.27. The summed E-state index contributed by atoms with van der Waals surface area (Å²) in [6.07, 6.45) is -2.64. The number of rotatable bonds is 9. The van der Waals surface area contributed by atoms with E-state index in [1.165, 1.54) is 47.0 Å². The molecule has 8 nitrogen and oxygen atoms in total. The number of hydrogen-bond acceptors (Lipinski definition) is 6. The van der Waals surface area contributed by atoms with E-state index in [2.05, 4.69) is 51.4 Å². The number of benzene rings is 3. The monoisotopic (exact) mass is 610 g/mol. The summed E-state index contributed by atoms with van der Waals surface area (Å²) in [5, 5.41) is 10.8. The van der Waals surface area contributed by atoms with E-state index in [-0.39, 0.29) is 11.8 Å². The van der Waals surface area contributed by atoms with Gasteiger partial charge in [-0.1, -0.05) is 68.9 Å². The van der Waals surface area contributed by atoms with Crippen LogP contribution in [0.15, 0.2) is 78.0 Å². The van der Waals surface area contributed by atoms with Gasteiger partial charge in [0.15, 0.2) is 11.0 Å². The molecule has 1 aromatic heterocycles. The van der Waals surface area contributed by atoms with Crippen LogP contribution in [0.2, 0.25) is 0 Å². The molecule has 0 aliphatic carbocycles. The summed E-state index contributed by atoms with van der Waals surface area (Å²) in [5.41, 5.74) is 5.43. The minimum absolute atomic E-state index is 0.307. The Labute approximate surface area is 252 Å². The van der Waals surface area contributed by atoms with Gasteiger partial charge < -0.3 is 10.1 Å². The number of thioether (sulfide) groups is 1. The number of carbonyl (C=O) groups is 1. The predicted octanol–water partition coefficient (Wildman–Crippen LogP) is 7.55. The lowest BCUT2D eigenvalue weighted by Gasteiger charge is -2.13. The molecular weight excluding hydrogens is 577 g/mol. The predicted molar refractivity (Wildman–Crippen MR) is 164 cm³/mol. The third-order valence-corrected chi connectivity index (χ3v) is 7.02. The van der Waals surface area contributed by atoms with E-state index < -0.39 is 6.36 Å². The van der Waals surface area contributed by atoms with Gasteiger partial charge in [0.25, 0.3) is 0 Å². The van der Waals surface area contributed by atoms with Gasteiger partial charge in [-0.05, 0) is 72.0 Å². The Bertz CT molecular complexity index is 1550. The van der Waals surface area contributed by atoms with Crippen molar-refractivity contribution >= 4 is 28.6 Å². The van der Waals surface area contributed by atoms with Gasteiger partial charge in [-0.2, -0.15) is 0 Å². The van der Waals surface area contributed by atoms with Crippen molar-refractivity contribution in [3.05, 3.63) is 89.7 Å². The van der Waals surface area contributed by atoms with E-state index in [0.717, 1.165) is 33.7 Å². The standard InChI is InChI=1S/C31H33F3N6O2S/c1-5-43-30(37-27-18-21(4)6-15-26(27)20(2)3)38-29(41)35-17-16-22-7-9-23(10-8-22)28-36-19-40(39-28)24-11-13-25(14-12-24)42-31(32,33)34/h6-15,18-20H,5,16-17H2,1-4H3,(H2,35,37,38,41). The van der Waals surface area contributed by atoms with Crippen LogP contribution in [-0.4, -0.2) is 44.6 Å². The van der Waals surface area contributed by atoms with Crippen molar-refractivity contribution in [2.75, 3.05) is 12.3 Å². The van der Waals surface area contributed by atoms with Gasteiger partial charge in [-0.25, -0.2) is 19.5 Å². The maximum atomic E-state index is 12.6. The highest BCUT2D eigenvalue weighted by Gasteiger charge is 2.31. The summed E-state index contributed by atoms with van der Waals surface area (Å²) in [4.78, 5) is 21.7. The number of nitrogens with one attached hydrogen (secondary N) is 2. The molecule has 0 radical (unpaired) electrons. The molecule has 0 aliphatic heterocycles. The highest BCUT2D eigenvalue weighted by atomic mass is 32.2. The highest BCUT2D eigenvalue weighted by molar-refractivity contribution is 8.13. The summed E-state index contributed by atoms with van der Waals surface area (Å²) in [7, 11) is 0. The first-order valence-electron chi connectivity index (χ1n) is 13.7. The maximum Gasteiger partial charge on any atom is 0.573 e. The van der Waals surface area contributed by atoms with Gasteiger partial charge >= 0.3 is 12.4 Å². The lowest BCUT2D eigenvalue weighted by atomic mass is 10.00. The topological polar surface area (TPSA) is 93.4 Å². The number of aliphatic imine (C=N–C) groups is 1. The van der Waals surface area contributed by atoms with Gasteiger partial charge in [0, 0.05) is 12.1 Å². The quantitative estimate of drug-likeness (QED) is 0.151. The summed E-state index contributed by atoms with van der Waals surface area (Å²) in [5.74, 6) is 1.23. The number of urea groups is 1. The Morgan fingerprint density at radius 3 is 2.44 bits per heavy atom. The summed E-state index contributed by atoms with van der Waals surface area (Å²) >= 11 is 1.48. The Hall–Kier alpha value is -4.32. The number of aryl methyl sites for hydroxylation is 1. The molecule has 0 spiro atoms. The molecule has 226 valence electrons.